The molecule has 0 spiro atoms. The standard InChI is InChI=1S/C17H16BrNO/c18-16-10-2-1-9-15(16)12-5-3-6-13(11-12)17(20)19-14-7-4-8-14/h1-3,5-6,9-11,14H,4,7-8H2,(H,19,20). The second kappa shape index (κ2) is 5.80. The Bertz CT molecular complexity index is 634. The average molecular weight is 330 g/mol. The lowest BCUT2D eigenvalue weighted by molar-refractivity contribution is 0.0917. The quantitative estimate of drug-likeness (QED) is 0.888. The monoisotopic (exact) mass is 329 g/mol. The number of nitrogens with one attached hydrogen (secondary N) is 1. The van der Waals surface area contributed by atoms with Gasteiger partial charge in [0.25, 0.3) is 5.91 Å². The van der Waals surface area contributed by atoms with E-state index in [2.05, 4.69) is 21.2 Å². The lowest BCUT2D eigenvalue weighted by Crippen LogP contribution is -2.39. The van der Waals surface area contributed by atoms with E-state index >= 15 is 0 Å². The van der Waals surface area contributed by atoms with Crippen LogP contribution >= 0.6 is 15.9 Å². The summed E-state index contributed by atoms with van der Waals surface area (Å²) in [6.07, 6.45) is 3.44. The molecule has 20 heavy (non-hydrogen) atoms. The predicted molar refractivity (Wildman–Crippen MR) is 84.7 cm³/mol. The summed E-state index contributed by atoms with van der Waals surface area (Å²) in [4.78, 5) is 12.2. The molecule has 1 amide bonds. The Morgan fingerprint density at radius 2 is 1.90 bits per heavy atom. The first-order chi connectivity index (χ1) is 9.74. The van der Waals surface area contributed by atoms with Gasteiger partial charge in [0.1, 0.15) is 0 Å². The molecular weight excluding hydrogens is 314 g/mol. The van der Waals surface area contributed by atoms with Crippen molar-refractivity contribution in [2.75, 3.05) is 0 Å². The SMILES string of the molecule is O=C(NC1CCC1)c1cccc(-c2ccccc2Br)c1. The minimum Gasteiger partial charge on any atom is -0.349 e. The lowest BCUT2D eigenvalue weighted by Gasteiger charge is -2.26. The molecule has 0 saturated heterocycles. The van der Waals surface area contributed by atoms with Gasteiger partial charge in [-0.3, -0.25) is 4.79 Å². The number of rotatable bonds is 3. The van der Waals surface area contributed by atoms with Crippen LogP contribution in [0.5, 0.6) is 0 Å². The van der Waals surface area contributed by atoms with Crippen molar-refractivity contribution in [1.29, 1.82) is 0 Å². The lowest BCUT2D eigenvalue weighted by atomic mass is 9.93. The topological polar surface area (TPSA) is 29.1 Å². The Balaban J connectivity index is 1.85. The normalized spacial score (nSPS) is 14.7. The van der Waals surface area contributed by atoms with E-state index in [4.69, 9.17) is 0 Å². The van der Waals surface area contributed by atoms with Crippen LogP contribution in [0.2, 0.25) is 0 Å². The Kier molecular flexibility index (Phi) is 3.88. The van der Waals surface area contributed by atoms with Crippen LogP contribution in [0.1, 0.15) is 29.6 Å². The van der Waals surface area contributed by atoms with Crippen molar-refractivity contribution in [2.24, 2.45) is 0 Å². The third-order valence-corrected chi connectivity index (χ3v) is 4.44. The van der Waals surface area contributed by atoms with E-state index in [9.17, 15) is 4.79 Å². The highest BCUT2D eigenvalue weighted by molar-refractivity contribution is 9.10. The van der Waals surface area contributed by atoms with Crippen molar-refractivity contribution in [3.05, 3.63) is 58.6 Å². The molecular formula is C17H16BrNO. The minimum absolute atomic E-state index is 0.0311. The second-order valence-electron chi connectivity index (χ2n) is 5.16. The largest absolute Gasteiger partial charge is 0.349 e. The van der Waals surface area contributed by atoms with Gasteiger partial charge in [-0.2, -0.15) is 0 Å². The molecule has 2 aromatic rings. The summed E-state index contributed by atoms with van der Waals surface area (Å²) in [6, 6.07) is 16.2. The molecule has 1 aliphatic rings. The molecule has 2 nitrogen and oxygen atoms in total. The summed E-state index contributed by atoms with van der Waals surface area (Å²) in [5.41, 5.74) is 2.88. The van der Waals surface area contributed by atoms with Gasteiger partial charge in [-0.05, 0) is 48.6 Å². The maximum Gasteiger partial charge on any atom is 0.251 e. The van der Waals surface area contributed by atoms with Gasteiger partial charge in [0.15, 0.2) is 0 Å². The van der Waals surface area contributed by atoms with E-state index in [1.165, 1.54) is 6.42 Å². The molecule has 1 saturated carbocycles. The summed E-state index contributed by atoms with van der Waals surface area (Å²) < 4.78 is 1.04. The third kappa shape index (κ3) is 2.78. The van der Waals surface area contributed by atoms with Crippen molar-refractivity contribution in [2.45, 2.75) is 25.3 Å². The maximum atomic E-state index is 12.2. The van der Waals surface area contributed by atoms with Crippen LogP contribution in [-0.4, -0.2) is 11.9 Å². The van der Waals surface area contributed by atoms with E-state index in [0.717, 1.165) is 34.0 Å². The van der Waals surface area contributed by atoms with Crippen LogP contribution in [0.15, 0.2) is 53.0 Å². The fourth-order valence-corrected chi connectivity index (χ4v) is 2.86. The van der Waals surface area contributed by atoms with Crippen LogP contribution in [0.4, 0.5) is 0 Å². The van der Waals surface area contributed by atoms with Crippen molar-refractivity contribution in [1.82, 2.24) is 5.32 Å². The molecule has 3 heteroatoms. The van der Waals surface area contributed by atoms with Gasteiger partial charge >= 0.3 is 0 Å². The molecule has 0 aliphatic heterocycles. The molecule has 0 bridgehead atoms. The molecule has 0 heterocycles. The number of carbonyl (C=O) groups excluding carboxylic acids is 1. The van der Waals surface area contributed by atoms with Crippen molar-refractivity contribution in [3.63, 3.8) is 0 Å². The summed E-state index contributed by atoms with van der Waals surface area (Å²) in [7, 11) is 0. The second-order valence-corrected chi connectivity index (χ2v) is 6.02. The molecule has 0 atom stereocenters. The smallest absolute Gasteiger partial charge is 0.251 e. The fourth-order valence-electron chi connectivity index (χ4n) is 2.34. The molecule has 1 N–H and O–H groups in total. The summed E-state index contributed by atoms with van der Waals surface area (Å²) >= 11 is 3.55. The molecule has 3 rings (SSSR count). The van der Waals surface area contributed by atoms with Crippen molar-refractivity contribution >= 4 is 21.8 Å². The van der Waals surface area contributed by atoms with E-state index in [-0.39, 0.29) is 5.91 Å². The van der Waals surface area contributed by atoms with E-state index in [0.29, 0.717) is 6.04 Å². The van der Waals surface area contributed by atoms with Gasteiger partial charge in [-0.1, -0.05) is 46.3 Å². The predicted octanol–water partition coefficient (Wildman–Crippen LogP) is 4.40. The number of benzene rings is 2. The molecule has 102 valence electrons. The van der Waals surface area contributed by atoms with E-state index in [1.807, 2.05) is 48.5 Å². The zero-order valence-electron chi connectivity index (χ0n) is 11.1. The fraction of sp³-hybridized carbons (Fsp3) is 0.235. The number of hydrogen-bond acceptors (Lipinski definition) is 1. The first-order valence-corrected chi connectivity index (χ1v) is 7.69. The summed E-state index contributed by atoms with van der Waals surface area (Å²) in [5, 5.41) is 3.08. The molecule has 2 aromatic carbocycles. The highest BCUT2D eigenvalue weighted by Crippen LogP contribution is 2.28. The van der Waals surface area contributed by atoms with Gasteiger partial charge in [0.2, 0.25) is 0 Å². The first kappa shape index (κ1) is 13.4. The Labute approximate surface area is 127 Å². The van der Waals surface area contributed by atoms with Crippen LogP contribution in [0.25, 0.3) is 11.1 Å². The molecule has 0 unspecified atom stereocenters. The van der Waals surface area contributed by atoms with Crippen molar-refractivity contribution in [3.8, 4) is 11.1 Å². The highest BCUT2D eigenvalue weighted by Gasteiger charge is 2.20. The molecule has 1 fully saturated rings. The number of halogens is 1. The first-order valence-electron chi connectivity index (χ1n) is 6.90. The minimum atomic E-state index is 0.0311. The van der Waals surface area contributed by atoms with Gasteiger partial charge in [-0.15, -0.1) is 0 Å². The van der Waals surface area contributed by atoms with E-state index < -0.39 is 0 Å². The summed E-state index contributed by atoms with van der Waals surface area (Å²) in [6.45, 7) is 0. The number of hydrogen-bond donors (Lipinski definition) is 1. The van der Waals surface area contributed by atoms with E-state index in [1.54, 1.807) is 0 Å². The highest BCUT2D eigenvalue weighted by atomic mass is 79.9. The number of amides is 1. The van der Waals surface area contributed by atoms with Crippen molar-refractivity contribution < 1.29 is 4.79 Å². The van der Waals surface area contributed by atoms with Crippen LogP contribution in [0, 0.1) is 0 Å². The Hall–Kier alpha value is -1.61. The third-order valence-electron chi connectivity index (χ3n) is 3.75. The molecule has 0 radical (unpaired) electrons. The molecule has 0 aromatic heterocycles. The van der Waals surface area contributed by atoms with Crippen LogP contribution < -0.4 is 5.32 Å². The zero-order valence-corrected chi connectivity index (χ0v) is 12.7. The van der Waals surface area contributed by atoms with Gasteiger partial charge < -0.3 is 5.32 Å². The van der Waals surface area contributed by atoms with Crippen LogP contribution in [-0.2, 0) is 0 Å². The van der Waals surface area contributed by atoms with Crippen LogP contribution in [0.3, 0.4) is 0 Å². The van der Waals surface area contributed by atoms with Gasteiger partial charge in [0, 0.05) is 16.1 Å². The Morgan fingerprint density at radius 1 is 1.10 bits per heavy atom. The zero-order chi connectivity index (χ0) is 13.9. The average Bonchev–Trinajstić information content (AvgIpc) is 2.43. The maximum absolute atomic E-state index is 12.2. The van der Waals surface area contributed by atoms with Gasteiger partial charge in [0.05, 0.1) is 0 Å². The van der Waals surface area contributed by atoms with Gasteiger partial charge in [-0.25, -0.2) is 0 Å². The Morgan fingerprint density at radius 3 is 2.60 bits per heavy atom. The molecule has 1 aliphatic carbocycles. The number of carbonyl (C=O) groups is 1. The summed E-state index contributed by atoms with van der Waals surface area (Å²) in [5.74, 6) is 0.0311.